The highest BCUT2D eigenvalue weighted by Crippen LogP contribution is 2.14. The second-order valence-electron chi connectivity index (χ2n) is 22.0. The van der Waals surface area contributed by atoms with Crippen molar-refractivity contribution in [3.63, 3.8) is 0 Å². The van der Waals surface area contributed by atoms with Crippen molar-refractivity contribution in [2.45, 2.75) is 303 Å². The molecule has 6 heteroatoms. The van der Waals surface area contributed by atoms with Gasteiger partial charge in [-0.15, -0.1) is 0 Å². The maximum absolute atomic E-state index is 12.9. The van der Waals surface area contributed by atoms with Crippen molar-refractivity contribution in [3.05, 3.63) is 146 Å². The normalized spacial score (nSPS) is 13.1. The van der Waals surface area contributed by atoms with Gasteiger partial charge in [-0.25, -0.2) is 0 Å². The number of esters is 3. The quantitative estimate of drug-likeness (QED) is 0.0261. The van der Waals surface area contributed by atoms with Gasteiger partial charge in [0, 0.05) is 19.3 Å². The Hall–Kier alpha value is -4.71. The van der Waals surface area contributed by atoms with Crippen LogP contribution in [0.2, 0.25) is 0 Å². The summed E-state index contributed by atoms with van der Waals surface area (Å²) in [6.45, 7) is 6.48. The third-order valence-electron chi connectivity index (χ3n) is 14.0. The van der Waals surface area contributed by atoms with Crippen LogP contribution in [0.15, 0.2) is 146 Å². The Balaban J connectivity index is 4.34. The van der Waals surface area contributed by atoms with Gasteiger partial charge in [0.2, 0.25) is 0 Å². The van der Waals surface area contributed by atoms with Gasteiger partial charge in [0.25, 0.3) is 0 Å². The van der Waals surface area contributed by atoms with E-state index in [2.05, 4.69) is 167 Å². The first kappa shape index (κ1) is 77.3. The van der Waals surface area contributed by atoms with Gasteiger partial charge in [-0.3, -0.25) is 14.4 Å². The number of hydrogen-bond acceptors (Lipinski definition) is 6. The third-order valence-corrected chi connectivity index (χ3v) is 14.0. The van der Waals surface area contributed by atoms with Crippen molar-refractivity contribution < 1.29 is 28.6 Å². The lowest BCUT2D eigenvalue weighted by atomic mass is 10.1. The molecule has 1 atom stereocenters. The summed E-state index contributed by atoms with van der Waals surface area (Å²) in [5.74, 6) is -0.937. The van der Waals surface area contributed by atoms with Crippen LogP contribution >= 0.6 is 0 Å². The second-order valence-corrected chi connectivity index (χ2v) is 22.0. The first-order valence-corrected chi connectivity index (χ1v) is 33.8. The Bertz CT molecular complexity index is 1780. The van der Waals surface area contributed by atoms with E-state index in [-0.39, 0.29) is 31.1 Å². The number of carbonyl (C=O) groups is 3. The number of ether oxygens (including phenoxy) is 3. The molecule has 1 unspecified atom stereocenters. The molecule has 6 nitrogen and oxygen atoms in total. The number of rotatable bonds is 60. The first-order valence-electron chi connectivity index (χ1n) is 33.8. The van der Waals surface area contributed by atoms with Crippen LogP contribution < -0.4 is 0 Å². The van der Waals surface area contributed by atoms with E-state index in [0.29, 0.717) is 19.3 Å². The minimum absolute atomic E-state index is 0.0966. The summed E-state index contributed by atoms with van der Waals surface area (Å²) in [6.07, 6.45) is 98.6. The lowest BCUT2D eigenvalue weighted by Gasteiger charge is -2.18. The van der Waals surface area contributed by atoms with Gasteiger partial charge in [0.1, 0.15) is 13.2 Å². The van der Waals surface area contributed by atoms with Crippen molar-refractivity contribution in [3.8, 4) is 0 Å². The molecule has 0 aliphatic rings. The van der Waals surface area contributed by atoms with Crippen LogP contribution in [0.4, 0.5) is 0 Å². The second kappa shape index (κ2) is 68.8. The standard InChI is InChI=1S/C76H124O6/c1-4-7-10-13-16-19-22-25-27-29-30-31-32-33-34-35-36-37-38-39-40-41-42-43-44-45-46-47-49-51-54-57-60-63-66-69-75(78)81-72-73(71-80-74(77)68-65-62-59-56-53-50-24-21-18-15-12-9-6-3)82-76(79)70-67-64-61-58-55-52-48-28-26-23-20-17-14-11-8-5-2/h7,10,16,19,21,24-25,27-28,30-31,33-34,36-37,39-40,42-43,45-46,48-49,51,73H,4-6,8-9,11-15,17-18,20,22-23,26,29,32,35,38,41,44,47,50,52-72H2,1-3H3/b10-7-,19-16-,24-21-,27-25-,31-30-,34-33-,37-36-,40-39-,43-42-,46-45-,48-28-,51-49-. The zero-order chi connectivity index (χ0) is 59.2. The lowest BCUT2D eigenvalue weighted by molar-refractivity contribution is -0.167. The largest absolute Gasteiger partial charge is 0.462 e. The molecule has 0 aliphatic heterocycles. The summed E-state index contributed by atoms with van der Waals surface area (Å²) in [4.78, 5) is 38.3. The molecule has 0 saturated heterocycles. The fourth-order valence-electron chi connectivity index (χ4n) is 8.99. The van der Waals surface area contributed by atoms with E-state index >= 15 is 0 Å². The number of hydrogen-bond donors (Lipinski definition) is 0. The highest BCUT2D eigenvalue weighted by atomic mass is 16.6. The molecule has 0 spiro atoms. The van der Waals surface area contributed by atoms with E-state index in [1.165, 1.54) is 96.3 Å². The molecule has 0 bridgehead atoms. The molecule has 0 aromatic rings. The van der Waals surface area contributed by atoms with Gasteiger partial charge < -0.3 is 14.2 Å². The maximum atomic E-state index is 12.9. The van der Waals surface area contributed by atoms with Crippen LogP contribution in [0.25, 0.3) is 0 Å². The number of allylic oxidation sites excluding steroid dienone is 24. The van der Waals surface area contributed by atoms with Crippen LogP contribution in [0, 0.1) is 0 Å². The van der Waals surface area contributed by atoms with Crippen molar-refractivity contribution in [2.75, 3.05) is 13.2 Å². The maximum Gasteiger partial charge on any atom is 0.306 e. The van der Waals surface area contributed by atoms with E-state index in [1.54, 1.807) is 0 Å². The Labute approximate surface area is 506 Å². The Morgan fingerprint density at radius 1 is 0.256 bits per heavy atom. The number of unbranched alkanes of at least 4 members (excludes halogenated alkanes) is 25. The first-order chi connectivity index (χ1) is 40.5. The summed E-state index contributed by atoms with van der Waals surface area (Å²) < 4.78 is 16.9. The molecule has 0 saturated carbocycles. The fraction of sp³-hybridized carbons (Fsp3) is 0.645. The van der Waals surface area contributed by atoms with E-state index in [1.807, 2.05) is 0 Å². The average molecular weight is 1130 g/mol. The molecule has 0 radical (unpaired) electrons. The van der Waals surface area contributed by atoms with Crippen LogP contribution in [-0.4, -0.2) is 37.2 Å². The van der Waals surface area contributed by atoms with Crippen LogP contribution in [0.3, 0.4) is 0 Å². The zero-order valence-corrected chi connectivity index (χ0v) is 53.2. The van der Waals surface area contributed by atoms with Gasteiger partial charge in [0.05, 0.1) is 0 Å². The molecule has 0 amide bonds. The third kappa shape index (κ3) is 66.1. The lowest BCUT2D eigenvalue weighted by Crippen LogP contribution is -2.30. The zero-order valence-electron chi connectivity index (χ0n) is 53.2. The molecule has 0 N–H and O–H groups in total. The van der Waals surface area contributed by atoms with Gasteiger partial charge in [-0.05, 0) is 148 Å². The van der Waals surface area contributed by atoms with Gasteiger partial charge >= 0.3 is 17.9 Å². The predicted molar refractivity (Wildman–Crippen MR) is 357 cm³/mol. The molecule has 0 aromatic heterocycles. The predicted octanol–water partition coefficient (Wildman–Crippen LogP) is 23.5. The van der Waals surface area contributed by atoms with E-state index < -0.39 is 6.10 Å². The van der Waals surface area contributed by atoms with Gasteiger partial charge in [-0.1, -0.05) is 276 Å². The monoisotopic (exact) mass is 1130 g/mol. The molecule has 0 rings (SSSR count). The summed E-state index contributed by atoms with van der Waals surface area (Å²) in [5.41, 5.74) is 0. The number of carbonyl (C=O) groups excluding carboxylic acids is 3. The van der Waals surface area contributed by atoms with Gasteiger partial charge in [0.15, 0.2) is 6.10 Å². The highest BCUT2D eigenvalue weighted by Gasteiger charge is 2.19. The molecule has 0 aliphatic carbocycles. The minimum Gasteiger partial charge on any atom is -0.462 e. The Morgan fingerprint density at radius 3 is 0.768 bits per heavy atom. The molecular formula is C76H124O6. The molecule has 82 heavy (non-hydrogen) atoms. The van der Waals surface area contributed by atoms with Crippen LogP contribution in [-0.2, 0) is 28.6 Å². The van der Waals surface area contributed by atoms with Crippen molar-refractivity contribution in [2.24, 2.45) is 0 Å². The molecule has 0 fully saturated rings. The smallest absolute Gasteiger partial charge is 0.306 e. The fourth-order valence-corrected chi connectivity index (χ4v) is 8.99. The van der Waals surface area contributed by atoms with Gasteiger partial charge in [-0.2, -0.15) is 0 Å². The average Bonchev–Trinajstić information content (AvgIpc) is 3.47. The SMILES string of the molecule is CC/C=C\C/C=C\C/C=C\C/C=C\C/C=C\C/C=C\C/C=C\C/C=C\C/C=C\C/C=C\CCCCCCC(=O)OCC(COC(=O)CCCCCCC/C=C\CCCCCC)OC(=O)CCCCCCC/C=C\CCCCCCCCC. The topological polar surface area (TPSA) is 78.9 Å². The molecule has 0 aromatic carbocycles. The van der Waals surface area contributed by atoms with E-state index in [9.17, 15) is 14.4 Å². The molecular weight excluding hydrogens is 1010 g/mol. The van der Waals surface area contributed by atoms with E-state index in [0.717, 1.165) is 161 Å². The Morgan fingerprint density at radius 2 is 0.476 bits per heavy atom. The molecule has 0 heterocycles. The van der Waals surface area contributed by atoms with E-state index in [4.69, 9.17) is 14.2 Å². The molecule has 464 valence electrons. The summed E-state index contributed by atoms with van der Waals surface area (Å²) in [5, 5.41) is 0. The minimum atomic E-state index is -0.802. The van der Waals surface area contributed by atoms with Crippen LogP contribution in [0.1, 0.15) is 297 Å². The van der Waals surface area contributed by atoms with Crippen molar-refractivity contribution >= 4 is 17.9 Å². The highest BCUT2D eigenvalue weighted by molar-refractivity contribution is 5.71. The van der Waals surface area contributed by atoms with Crippen LogP contribution in [0.5, 0.6) is 0 Å². The van der Waals surface area contributed by atoms with Crippen molar-refractivity contribution in [1.29, 1.82) is 0 Å². The van der Waals surface area contributed by atoms with Crippen molar-refractivity contribution in [1.82, 2.24) is 0 Å². The Kier molecular flexibility index (Phi) is 64.8. The summed E-state index contributed by atoms with van der Waals surface area (Å²) in [7, 11) is 0. The summed E-state index contributed by atoms with van der Waals surface area (Å²) in [6, 6.07) is 0. The summed E-state index contributed by atoms with van der Waals surface area (Å²) >= 11 is 0.